The van der Waals surface area contributed by atoms with Gasteiger partial charge in [0.05, 0.1) is 12.2 Å². The minimum absolute atomic E-state index is 0.0845. The van der Waals surface area contributed by atoms with Crippen LogP contribution in [0.5, 0.6) is 11.5 Å². The molecule has 0 radical (unpaired) electrons. The van der Waals surface area contributed by atoms with Gasteiger partial charge < -0.3 is 9.84 Å². The molecule has 2 aromatic rings. The minimum atomic E-state index is -0.592. The van der Waals surface area contributed by atoms with E-state index in [1.165, 1.54) is 37.8 Å². The van der Waals surface area contributed by atoms with Crippen LogP contribution in [0.15, 0.2) is 48.5 Å². The molecular weight excluding hydrogens is 356 g/mol. The first-order valence-electron chi connectivity index (χ1n) is 9.73. The molecule has 0 spiro atoms. The summed E-state index contributed by atoms with van der Waals surface area (Å²) in [5, 5.41) is 9.65. The normalized spacial score (nSPS) is 10.3. The van der Waals surface area contributed by atoms with Gasteiger partial charge in [0.25, 0.3) is 11.8 Å². The highest BCUT2D eigenvalue weighted by molar-refractivity contribution is 6.00. The molecule has 6 heteroatoms. The van der Waals surface area contributed by atoms with Gasteiger partial charge in [-0.3, -0.25) is 20.4 Å². The molecule has 6 nitrogen and oxygen atoms in total. The molecule has 28 heavy (non-hydrogen) atoms. The molecule has 0 saturated carbocycles. The third-order valence-corrected chi connectivity index (χ3v) is 4.32. The average molecular weight is 384 g/mol. The Morgan fingerprint density at radius 3 is 2.21 bits per heavy atom. The molecule has 0 fully saturated rings. The summed E-state index contributed by atoms with van der Waals surface area (Å²) in [6.07, 6.45) is 7.23. The van der Waals surface area contributed by atoms with Crippen LogP contribution in [-0.2, 0) is 0 Å². The van der Waals surface area contributed by atoms with E-state index in [9.17, 15) is 14.7 Å². The van der Waals surface area contributed by atoms with E-state index in [0.29, 0.717) is 17.9 Å². The third-order valence-electron chi connectivity index (χ3n) is 4.32. The zero-order chi connectivity index (χ0) is 20.2. The summed E-state index contributed by atoms with van der Waals surface area (Å²) < 4.78 is 5.69. The lowest BCUT2D eigenvalue weighted by molar-refractivity contribution is 0.0845. The topological polar surface area (TPSA) is 87.7 Å². The van der Waals surface area contributed by atoms with Crippen LogP contribution in [0.3, 0.4) is 0 Å². The summed E-state index contributed by atoms with van der Waals surface area (Å²) in [6, 6.07) is 12.8. The number of hydrazine groups is 1. The highest BCUT2D eigenvalue weighted by atomic mass is 16.5. The average Bonchev–Trinajstić information content (AvgIpc) is 2.72. The van der Waals surface area contributed by atoms with Gasteiger partial charge in [-0.25, -0.2) is 0 Å². The van der Waals surface area contributed by atoms with Crippen LogP contribution in [0.25, 0.3) is 0 Å². The summed E-state index contributed by atoms with van der Waals surface area (Å²) >= 11 is 0. The molecule has 0 aliphatic carbocycles. The van der Waals surface area contributed by atoms with Crippen LogP contribution in [0.2, 0.25) is 0 Å². The van der Waals surface area contributed by atoms with Crippen molar-refractivity contribution < 1.29 is 19.4 Å². The summed E-state index contributed by atoms with van der Waals surface area (Å²) in [5.74, 6) is -0.485. The molecule has 2 rings (SSSR count). The van der Waals surface area contributed by atoms with Gasteiger partial charge in [0.1, 0.15) is 11.5 Å². The zero-order valence-corrected chi connectivity index (χ0v) is 16.2. The smallest absolute Gasteiger partial charge is 0.273 e. The van der Waals surface area contributed by atoms with E-state index in [-0.39, 0.29) is 11.3 Å². The lowest BCUT2D eigenvalue weighted by Gasteiger charge is -2.09. The van der Waals surface area contributed by atoms with Crippen molar-refractivity contribution in [1.82, 2.24) is 10.9 Å². The molecule has 0 heterocycles. The second kappa shape index (κ2) is 11.6. The number of unbranched alkanes of at least 4 members (excludes halogenated alkanes) is 5. The van der Waals surface area contributed by atoms with Crippen molar-refractivity contribution >= 4 is 11.8 Å². The van der Waals surface area contributed by atoms with E-state index in [1.54, 1.807) is 36.4 Å². The molecular formula is C22H28N2O4. The van der Waals surface area contributed by atoms with E-state index in [1.807, 2.05) is 0 Å². The monoisotopic (exact) mass is 384 g/mol. The highest BCUT2D eigenvalue weighted by Gasteiger charge is 2.12. The second-order valence-electron chi connectivity index (χ2n) is 6.57. The largest absolute Gasteiger partial charge is 0.507 e. The number of hydrogen-bond acceptors (Lipinski definition) is 4. The number of para-hydroxylation sites is 1. The summed E-state index contributed by atoms with van der Waals surface area (Å²) in [6.45, 7) is 2.86. The SMILES string of the molecule is CCCCCCCCOc1ccc(C(=O)NNC(=O)c2ccccc2O)cc1. The van der Waals surface area contributed by atoms with E-state index in [4.69, 9.17) is 4.74 Å². The Kier molecular flexibility index (Phi) is 8.85. The molecule has 3 N–H and O–H groups in total. The molecule has 0 bridgehead atoms. The molecule has 0 saturated heterocycles. The Hall–Kier alpha value is -3.02. The van der Waals surface area contributed by atoms with Crippen molar-refractivity contribution in [1.29, 1.82) is 0 Å². The number of carbonyl (C=O) groups excluding carboxylic acids is 2. The van der Waals surface area contributed by atoms with E-state index in [2.05, 4.69) is 17.8 Å². The number of rotatable bonds is 10. The van der Waals surface area contributed by atoms with Crippen LogP contribution < -0.4 is 15.6 Å². The molecule has 0 aromatic heterocycles. The lowest BCUT2D eigenvalue weighted by Crippen LogP contribution is -2.41. The Morgan fingerprint density at radius 1 is 0.857 bits per heavy atom. The third kappa shape index (κ3) is 6.95. The fourth-order valence-electron chi connectivity index (χ4n) is 2.69. The van der Waals surface area contributed by atoms with Crippen LogP contribution in [0.4, 0.5) is 0 Å². The van der Waals surface area contributed by atoms with E-state index in [0.717, 1.165) is 12.8 Å². The quantitative estimate of drug-likeness (QED) is 0.423. The molecule has 0 atom stereocenters. The van der Waals surface area contributed by atoms with Crippen LogP contribution in [0, 0.1) is 0 Å². The zero-order valence-electron chi connectivity index (χ0n) is 16.2. The molecule has 0 aliphatic rings. The van der Waals surface area contributed by atoms with Gasteiger partial charge in [0, 0.05) is 5.56 Å². The lowest BCUT2D eigenvalue weighted by atomic mass is 10.1. The molecule has 0 unspecified atom stereocenters. The minimum Gasteiger partial charge on any atom is -0.507 e. The standard InChI is InChI=1S/C22H28N2O4/c1-2-3-4-5-6-9-16-28-18-14-12-17(13-15-18)21(26)23-24-22(27)19-10-7-8-11-20(19)25/h7-8,10-15,25H,2-6,9,16H2,1H3,(H,23,26)(H,24,27). The Balaban J connectivity index is 1.72. The summed E-state index contributed by atoms with van der Waals surface area (Å²) in [5.41, 5.74) is 5.09. The van der Waals surface area contributed by atoms with Gasteiger partial charge in [-0.05, 0) is 42.8 Å². The number of ether oxygens (including phenoxy) is 1. The van der Waals surface area contributed by atoms with E-state index >= 15 is 0 Å². The Morgan fingerprint density at radius 2 is 1.50 bits per heavy atom. The van der Waals surface area contributed by atoms with Crippen molar-refractivity contribution in [3.8, 4) is 11.5 Å². The maximum atomic E-state index is 12.1. The van der Waals surface area contributed by atoms with Crippen molar-refractivity contribution in [3.05, 3.63) is 59.7 Å². The predicted molar refractivity (Wildman–Crippen MR) is 108 cm³/mol. The number of phenols is 1. The van der Waals surface area contributed by atoms with E-state index < -0.39 is 11.8 Å². The number of hydrogen-bond donors (Lipinski definition) is 3. The number of benzene rings is 2. The molecule has 0 aliphatic heterocycles. The molecule has 2 amide bonds. The first-order chi connectivity index (χ1) is 13.6. The maximum Gasteiger partial charge on any atom is 0.273 e. The number of phenolic OH excluding ortho intramolecular Hbond substituents is 1. The molecule has 2 aromatic carbocycles. The van der Waals surface area contributed by atoms with Gasteiger partial charge in [-0.1, -0.05) is 51.2 Å². The number of aromatic hydroxyl groups is 1. The summed E-state index contributed by atoms with van der Waals surface area (Å²) in [7, 11) is 0. The fourth-order valence-corrected chi connectivity index (χ4v) is 2.69. The van der Waals surface area contributed by atoms with Gasteiger partial charge in [0.2, 0.25) is 0 Å². The fraction of sp³-hybridized carbons (Fsp3) is 0.364. The maximum absolute atomic E-state index is 12.1. The predicted octanol–water partition coefficient (Wildman–Crippen LogP) is 4.21. The Labute approximate surface area is 165 Å². The number of nitrogens with one attached hydrogen (secondary N) is 2. The number of carbonyl (C=O) groups is 2. The van der Waals surface area contributed by atoms with Gasteiger partial charge in [-0.15, -0.1) is 0 Å². The first kappa shape index (κ1) is 21.3. The van der Waals surface area contributed by atoms with Crippen LogP contribution >= 0.6 is 0 Å². The van der Waals surface area contributed by atoms with Crippen molar-refractivity contribution in [3.63, 3.8) is 0 Å². The van der Waals surface area contributed by atoms with Gasteiger partial charge in [-0.2, -0.15) is 0 Å². The van der Waals surface area contributed by atoms with Crippen molar-refractivity contribution in [2.75, 3.05) is 6.61 Å². The summed E-state index contributed by atoms with van der Waals surface area (Å²) in [4.78, 5) is 24.1. The Bertz CT molecular complexity index is 759. The highest BCUT2D eigenvalue weighted by Crippen LogP contribution is 2.15. The van der Waals surface area contributed by atoms with Crippen LogP contribution in [-0.4, -0.2) is 23.5 Å². The second-order valence-corrected chi connectivity index (χ2v) is 6.57. The van der Waals surface area contributed by atoms with Gasteiger partial charge in [0.15, 0.2) is 0 Å². The van der Waals surface area contributed by atoms with Gasteiger partial charge >= 0.3 is 0 Å². The molecule has 150 valence electrons. The van der Waals surface area contributed by atoms with Crippen molar-refractivity contribution in [2.45, 2.75) is 45.4 Å². The first-order valence-corrected chi connectivity index (χ1v) is 9.73. The number of amides is 2. The van der Waals surface area contributed by atoms with Crippen molar-refractivity contribution in [2.24, 2.45) is 0 Å². The van der Waals surface area contributed by atoms with Crippen LogP contribution in [0.1, 0.15) is 66.2 Å².